The van der Waals surface area contributed by atoms with Crippen molar-refractivity contribution in [2.75, 3.05) is 13.2 Å². The first-order valence-corrected chi connectivity index (χ1v) is 5.31. The first-order chi connectivity index (χ1) is 8.46. The molecule has 0 aromatic heterocycles. The quantitative estimate of drug-likeness (QED) is 0.888. The fourth-order valence-electron chi connectivity index (χ4n) is 1.76. The molecule has 1 aromatic rings. The van der Waals surface area contributed by atoms with Gasteiger partial charge in [-0.25, -0.2) is 0 Å². The molecule has 6 heteroatoms. The molecule has 0 atom stereocenters. The van der Waals surface area contributed by atoms with Crippen LogP contribution in [0.4, 0.5) is 13.2 Å². The Kier molecular flexibility index (Phi) is 3.47. The van der Waals surface area contributed by atoms with Crippen LogP contribution < -0.4 is 4.74 Å². The van der Waals surface area contributed by atoms with Crippen LogP contribution in [0.15, 0.2) is 24.3 Å². The third-order valence-electron chi connectivity index (χ3n) is 2.50. The van der Waals surface area contributed by atoms with Gasteiger partial charge in [0, 0.05) is 11.6 Å². The molecule has 0 amide bonds. The lowest BCUT2D eigenvalue weighted by molar-refractivity contribution is -0.274. The van der Waals surface area contributed by atoms with E-state index in [0.29, 0.717) is 25.2 Å². The molecule has 1 N–H and O–H groups in total. The molecule has 1 aliphatic rings. The van der Waals surface area contributed by atoms with Crippen molar-refractivity contribution < 1.29 is 27.8 Å². The minimum atomic E-state index is -4.78. The minimum absolute atomic E-state index is 0.273. The Labute approximate surface area is 101 Å². The Hall–Kier alpha value is -1.69. The summed E-state index contributed by atoms with van der Waals surface area (Å²) in [6.07, 6.45) is -2.56. The Morgan fingerprint density at radius 2 is 2.06 bits per heavy atom. The van der Waals surface area contributed by atoms with Crippen molar-refractivity contribution in [3.8, 4) is 11.5 Å². The summed E-state index contributed by atoms with van der Waals surface area (Å²) >= 11 is 0. The van der Waals surface area contributed by atoms with Crippen LogP contribution in [0.25, 0.3) is 5.57 Å². The maximum Gasteiger partial charge on any atom is 0.573 e. The fraction of sp³-hybridized carbons (Fsp3) is 0.333. The smallest absolute Gasteiger partial charge is 0.508 e. The molecule has 98 valence electrons. The summed E-state index contributed by atoms with van der Waals surface area (Å²) in [6.45, 7) is 0.819. The average Bonchev–Trinajstić information content (AvgIpc) is 2.28. The van der Waals surface area contributed by atoms with Gasteiger partial charge in [0.15, 0.2) is 0 Å². The summed E-state index contributed by atoms with van der Waals surface area (Å²) in [5, 5.41) is 9.24. The van der Waals surface area contributed by atoms with Crippen molar-refractivity contribution in [2.45, 2.75) is 12.8 Å². The van der Waals surface area contributed by atoms with Crippen LogP contribution in [0.1, 0.15) is 12.0 Å². The molecule has 0 radical (unpaired) electrons. The van der Waals surface area contributed by atoms with Crippen LogP contribution in [0.5, 0.6) is 11.5 Å². The van der Waals surface area contributed by atoms with E-state index in [1.165, 1.54) is 12.1 Å². The Balaban J connectivity index is 2.37. The number of aromatic hydroxyl groups is 1. The summed E-state index contributed by atoms with van der Waals surface area (Å²) in [7, 11) is 0. The minimum Gasteiger partial charge on any atom is -0.508 e. The van der Waals surface area contributed by atoms with Gasteiger partial charge in [0.05, 0.1) is 13.2 Å². The number of halogens is 3. The van der Waals surface area contributed by atoms with Crippen LogP contribution in [-0.2, 0) is 4.74 Å². The van der Waals surface area contributed by atoms with E-state index in [1.54, 1.807) is 6.08 Å². The molecular weight excluding hydrogens is 249 g/mol. The molecule has 0 unspecified atom stereocenters. The van der Waals surface area contributed by atoms with Crippen molar-refractivity contribution >= 4 is 5.57 Å². The van der Waals surface area contributed by atoms with E-state index in [9.17, 15) is 18.3 Å². The zero-order chi connectivity index (χ0) is 13.2. The second-order valence-corrected chi connectivity index (χ2v) is 3.78. The number of hydrogen-bond acceptors (Lipinski definition) is 3. The van der Waals surface area contributed by atoms with Crippen LogP contribution in [0, 0.1) is 0 Å². The van der Waals surface area contributed by atoms with Gasteiger partial charge in [-0.15, -0.1) is 13.2 Å². The molecule has 0 saturated heterocycles. The Bertz CT molecular complexity index is 466. The summed E-state index contributed by atoms with van der Waals surface area (Å²) in [4.78, 5) is 0. The maximum absolute atomic E-state index is 12.3. The van der Waals surface area contributed by atoms with Crippen molar-refractivity contribution in [3.63, 3.8) is 0 Å². The van der Waals surface area contributed by atoms with Crippen molar-refractivity contribution in [1.82, 2.24) is 0 Å². The van der Waals surface area contributed by atoms with E-state index < -0.39 is 12.1 Å². The van der Waals surface area contributed by atoms with Gasteiger partial charge in [0.2, 0.25) is 0 Å². The predicted molar refractivity (Wildman–Crippen MR) is 58.2 cm³/mol. The summed E-state index contributed by atoms with van der Waals surface area (Å²) in [5.74, 6) is -0.665. The topological polar surface area (TPSA) is 38.7 Å². The highest BCUT2D eigenvalue weighted by Gasteiger charge is 2.32. The molecule has 0 aliphatic carbocycles. The molecule has 1 aromatic carbocycles. The van der Waals surface area contributed by atoms with Crippen molar-refractivity contribution in [3.05, 3.63) is 29.8 Å². The van der Waals surface area contributed by atoms with Gasteiger partial charge in [0.1, 0.15) is 11.5 Å². The SMILES string of the molecule is Oc1ccc(C2=CCOCC2)c(OC(F)(F)F)c1. The largest absolute Gasteiger partial charge is 0.573 e. The lowest BCUT2D eigenvalue weighted by atomic mass is 10.0. The number of phenols is 1. The molecule has 1 heterocycles. The molecule has 0 saturated carbocycles. The van der Waals surface area contributed by atoms with Gasteiger partial charge in [-0.3, -0.25) is 0 Å². The molecule has 2 rings (SSSR count). The predicted octanol–water partition coefficient (Wildman–Crippen LogP) is 3.09. The van der Waals surface area contributed by atoms with Gasteiger partial charge in [-0.05, 0) is 24.1 Å². The standard InChI is InChI=1S/C12H11F3O3/c13-12(14,15)18-11-7-9(16)1-2-10(11)8-3-5-17-6-4-8/h1-3,7,16H,4-6H2. The number of phenolic OH excluding ortho intramolecular Hbond substituents is 1. The average molecular weight is 260 g/mol. The lowest BCUT2D eigenvalue weighted by Gasteiger charge is -2.18. The monoisotopic (exact) mass is 260 g/mol. The zero-order valence-electron chi connectivity index (χ0n) is 9.33. The van der Waals surface area contributed by atoms with Gasteiger partial charge >= 0.3 is 6.36 Å². The summed E-state index contributed by atoms with van der Waals surface area (Å²) in [5.41, 5.74) is 1.05. The second kappa shape index (κ2) is 4.89. The first-order valence-electron chi connectivity index (χ1n) is 5.31. The molecular formula is C12H11F3O3. The van der Waals surface area contributed by atoms with Gasteiger partial charge in [0.25, 0.3) is 0 Å². The van der Waals surface area contributed by atoms with E-state index in [1.807, 2.05) is 0 Å². The lowest BCUT2D eigenvalue weighted by Crippen LogP contribution is -2.18. The normalized spacial score (nSPS) is 16.3. The van der Waals surface area contributed by atoms with E-state index in [4.69, 9.17) is 4.74 Å². The number of hydrogen-bond donors (Lipinski definition) is 1. The number of rotatable bonds is 2. The van der Waals surface area contributed by atoms with Crippen LogP contribution in [-0.4, -0.2) is 24.7 Å². The number of alkyl halides is 3. The molecule has 0 bridgehead atoms. The molecule has 18 heavy (non-hydrogen) atoms. The van der Waals surface area contributed by atoms with Crippen molar-refractivity contribution in [2.24, 2.45) is 0 Å². The van der Waals surface area contributed by atoms with Crippen LogP contribution in [0.3, 0.4) is 0 Å². The highest BCUT2D eigenvalue weighted by Crippen LogP contribution is 2.35. The van der Waals surface area contributed by atoms with E-state index >= 15 is 0 Å². The number of ether oxygens (including phenoxy) is 2. The van der Waals surface area contributed by atoms with Crippen molar-refractivity contribution in [1.29, 1.82) is 0 Å². The van der Waals surface area contributed by atoms with E-state index in [2.05, 4.69) is 4.74 Å². The van der Waals surface area contributed by atoms with Gasteiger partial charge in [-0.1, -0.05) is 6.08 Å². The summed E-state index contributed by atoms with van der Waals surface area (Å²) < 4.78 is 45.8. The second-order valence-electron chi connectivity index (χ2n) is 3.78. The van der Waals surface area contributed by atoms with E-state index in [0.717, 1.165) is 11.6 Å². The highest BCUT2D eigenvalue weighted by atomic mass is 19.4. The molecule has 3 nitrogen and oxygen atoms in total. The van der Waals surface area contributed by atoms with E-state index in [-0.39, 0.29) is 5.75 Å². The van der Waals surface area contributed by atoms with Gasteiger partial charge in [-0.2, -0.15) is 0 Å². The first kappa shape index (κ1) is 12.8. The maximum atomic E-state index is 12.3. The fourth-order valence-corrected chi connectivity index (χ4v) is 1.76. The van der Waals surface area contributed by atoms with Crippen LogP contribution in [0.2, 0.25) is 0 Å². The van der Waals surface area contributed by atoms with Crippen LogP contribution >= 0.6 is 0 Å². The highest BCUT2D eigenvalue weighted by molar-refractivity contribution is 5.72. The third kappa shape index (κ3) is 3.16. The Morgan fingerprint density at radius 1 is 1.28 bits per heavy atom. The number of benzene rings is 1. The van der Waals surface area contributed by atoms with Gasteiger partial charge < -0.3 is 14.6 Å². The Morgan fingerprint density at radius 3 is 2.67 bits per heavy atom. The molecule has 0 spiro atoms. The third-order valence-corrected chi connectivity index (χ3v) is 2.50. The molecule has 0 fully saturated rings. The summed E-state index contributed by atoms with van der Waals surface area (Å²) in [6, 6.07) is 3.70. The zero-order valence-corrected chi connectivity index (χ0v) is 9.33. The molecule has 1 aliphatic heterocycles.